The summed E-state index contributed by atoms with van der Waals surface area (Å²) in [5.41, 5.74) is 11.2. The van der Waals surface area contributed by atoms with Gasteiger partial charge in [-0.15, -0.1) is 0 Å². The quantitative estimate of drug-likeness (QED) is 0.613. The first-order valence-electron chi connectivity index (χ1n) is 5.06. The van der Waals surface area contributed by atoms with Crippen molar-refractivity contribution in [3.8, 4) is 5.88 Å². The molecule has 0 saturated carbocycles. The van der Waals surface area contributed by atoms with Crippen molar-refractivity contribution >= 4 is 23.4 Å². The minimum Gasteiger partial charge on any atom is -0.492 e. The summed E-state index contributed by atoms with van der Waals surface area (Å²) < 4.78 is 0. The van der Waals surface area contributed by atoms with Gasteiger partial charge in [-0.25, -0.2) is 0 Å². The summed E-state index contributed by atoms with van der Waals surface area (Å²) in [7, 11) is 0. The Labute approximate surface area is 102 Å². The highest BCUT2D eigenvalue weighted by Gasteiger charge is 2.14. The second-order valence-corrected chi connectivity index (χ2v) is 3.49. The molecule has 7 nitrogen and oxygen atoms in total. The zero-order valence-corrected chi connectivity index (χ0v) is 9.29. The first-order chi connectivity index (χ1) is 8.58. The number of hydrogen-bond acceptors (Lipinski definition) is 6. The van der Waals surface area contributed by atoms with Crippen LogP contribution in [-0.4, -0.2) is 21.0 Å². The number of nitrogens with one attached hydrogen (secondary N) is 1. The van der Waals surface area contributed by atoms with Gasteiger partial charge in [0.05, 0.1) is 0 Å². The molecule has 2 aromatic rings. The molecule has 0 unspecified atom stereocenters. The standard InChI is InChI=1S/C11H11N5O2/c12-8-7(10(18)16-11(13)15-8)14-9(17)6-4-2-1-3-5-6/h1-5H,(H,14,17)(H5,12,13,15,16,18). The van der Waals surface area contributed by atoms with E-state index in [4.69, 9.17) is 11.5 Å². The molecule has 92 valence electrons. The van der Waals surface area contributed by atoms with Gasteiger partial charge in [-0.2, -0.15) is 9.97 Å². The Bertz CT molecular complexity index is 562. The van der Waals surface area contributed by atoms with Gasteiger partial charge < -0.3 is 21.9 Å². The van der Waals surface area contributed by atoms with Gasteiger partial charge in [-0.1, -0.05) is 18.2 Å². The van der Waals surface area contributed by atoms with Crippen molar-refractivity contribution in [3.05, 3.63) is 35.9 Å². The van der Waals surface area contributed by atoms with E-state index in [1.807, 2.05) is 0 Å². The van der Waals surface area contributed by atoms with Gasteiger partial charge in [0.15, 0.2) is 5.82 Å². The van der Waals surface area contributed by atoms with Crippen LogP contribution in [-0.2, 0) is 0 Å². The summed E-state index contributed by atoms with van der Waals surface area (Å²) in [6.45, 7) is 0. The SMILES string of the molecule is Nc1nc(N)c(NC(=O)c2ccccc2)c(O)n1. The van der Waals surface area contributed by atoms with Crippen LogP contribution in [0.5, 0.6) is 5.88 Å². The molecule has 0 aliphatic carbocycles. The molecule has 0 saturated heterocycles. The lowest BCUT2D eigenvalue weighted by Crippen LogP contribution is -2.15. The number of aromatic nitrogens is 2. The predicted octanol–water partition coefficient (Wildman–Crippen LogP) is 0.599. The molecule has 0 bridgehead atoms. The van der Waals surface area contributed by atoms with Crippen LogP contribution in [0.25, 0.3) is 0 Å². The largest absolute Gasteiger partial charge is 0.492 e. The van der Waals surface area contributed by atoms with Gasteiger partial charge in [0.25, 0.3) is 5.91 Å². The second-order valence-electron chi connectivity index (χ2n) is 3.49. The third-order valence-electron chi connectivity index (χ3n) is 2.21. The Hall–Kier alpha value is -2.83. The Morgan fingerprint density at radius 3 is 2.44 bits per heavy atom. The number of rotatable bonds is 2. The van der Waals surface area contributed by atoms with Crippen molar-refractivity contribution in [2.24, 2.45) is 0 Å². The highest BCUT2D eigenvalue weighted by atomic mass is 16.3. The minimum atomic E-state index is -0.468. The summed E-state index contributed by atoms with van der Waals surface area (Å²) in [5, 5.41) is 12.0. The Morgan fingerprint density at radius 1 is 1.17 bits per heavy atom. The maximum absolute atomic E-state index is 11.8. The number of carbonyl (C=O) groups is 1. The van der Waals surface area contributed by atoms with Crippen molar-refractivity contribution in [1.82, 2.24) is 9.97 Å². The molecular weight excluding hydrogens is 234 g/mol. The van der Waals surface area contributed by atoms with Crippen LogP contribution >= 0.6 is 0 Å². The molecule has 2 rings (SSSR count). The molecule has 0 spiro atoms. The molecule has 0 aliphatic rings. The van der Waals surface area contributed by atoms with Crippen LogP contribution in [0.15, 0.2) is 30.3 Å². The molecule has 0 radical (unpaired) electrons. The van der Waals surface area contributed by atoms with Gasteiger partial charge in [0.1, 0.15) is 5.69 Å². The first kappa shape index (κ1) is 11.6. The second kappa shape index (κ2) is 4.58. The summed E-state index contributed by atoms with van der Waals surface area (Å²) >= 11 is 0. The Balaban J connectivity index is 2.28. The molecule has 0 aliphatic heterocycles. The predicted molar refractivity (Wildman–Crippen MR) is 66.9 cm³/mol. The zero-order valence-electron chi connectivity index (χ0n) is 9.29. The zero-order chi connectivity index (χ0) is 13.1. The lowest BCUT2D eigenvalue weighted by molar-refractivity contribution is 0.102. The molecule has 1 aromatic carbocycles. The van der Waals surface area contributed by atoms with Gasteiger partial charge in [-0.05, 0) is 12.1 Å². The number of benzene rings is 1. The fourth-order valence-electron chi connectivity index (χ4n) is 1.38. The van der Waals surface area contributed by atoms with E-state index >= 15 is 0 Å². The first-order valence-corrected chi connectivity index (χ1v) is 5.06. The van der Waals surface area contributed by atoms with E-state index in [9.17, 15) is 9.90 Å². The molecule has 0 fully saturated rings. The van der Waals surface area contributed by atoms with Crippen LogP contribution < -0.4 is 16.8 Å². The van der Waals surface area contributed by atoms with E-state index in [2.05, 4.69) is 15.3 Å². The van der Waals surface area contributed by atoms with E-state index in [1.54, 1.807) is 30.3 Å². The number of aromatic hydroxyl groups is 1. The minimum absolute atomic E-state index is 0.0574. The van der Waals surface area contributed by atoms with E-state index in [1.165, 1.54) is 0 Å². The van der Waals surface area contributed by atoms with Crippen molar-refractivity contribution in [1.29, 1.82) is 0 Å². The molecule has 1 amide bonds. The third kappa shape index (κ3) is 2.29. The number of anilines is 3. The highest BCUT2D eigenvalue weighted by Crippen LogP contribution is 2.27. The van der Waals surface area contributed by atoms with Gasteiger partial charge >= 0.3 is 0 Å². The third-order valence-corrected chi connectivity index (χ3v) is 2.21. The molecule has 6 N–H and O–H groups in total. The van der Waals surface area contributed by atoms with E-state index < -0.39 is 11.8 Å². The summed E-state index contributed by atoms with van der Waals surface area (Å²) in [6, 6.07) is 8.48. The van der Waals surface area contributed by atoms with Gasteiger partial charge in [0, 0.05) is 5.56 Å². The molecular formula is C11H11N5O2. The number of carbonyl (C=O) groups excluding carboxylic acids is 1. The average molecular weight is 245 g/mol. The Kier molecular flexibility index (Phi) is 2.96. The Morgan fingerprint density at radius 2 is 1.83 bits per heavy atom. The fraction of sp³-hybridized carbons (Fsp3) is 0. The summed E-state index contributed by atoms with van der Waals surface area (Å²) in [6.07, 6.45) is 0. The van der Waals surface area contributed by atoms with E-state index in [-0.39, 0.29) is 17.5 Å². The number of amides is 1. The lowest BCUT2D eigenvalue weighted by Gasteiger charge is -2.09. The maximum Gasteiger partial charge on any atom is 0.255 e. The number of nitrogens with two attached hydrogens (primary N) is 2. The average Bonchev–Trinajstić information content (AvgIpc) is 2.34. The van der Waals surface area contributed by atoms with Crippen molar-refractivity contribution in [3.63, 3.8) is 0 Å². The molecule has 7 heteroatoms. The van der Waals surface area contributed by atoms with Crippen LogP contribution in [0.4, 0.5) is 17.5 Å². The van der Waals surface area contributed by atoms with E-state index in [0.717, 1.165) is 0 Å². The monoisotopic (exact) mass is 245 g/mol. The normalized spacial score (nSPS) is 10.0. The van der Waals surface area contributed by atoms with E-state index in [0.29, 0.717) is 5.56 Å². The lowest BCUT2D eigenvalue weighted by atomic mass is 10.2. The molecule has 0 atom stereocenters. The van der Waals surface area contributed by atoms with Gasteiger partial charge in [-0.3, -0.25) is 4.79 Å². The van der Waals surface area contributed by atoms with Crippen molar-refractivity contribution < 1.29 is 9.90 Å². The molecule has 1 heterocycles. The molecule has 1 aromatic heterocycles. The van der Waals surface area contributed by atoms with Crippen molar-refractivity contribution in [2.75, 3.05) is 16.8 Å². The highest BCUT2D eigenvalue weighted by molar-refractivity contribution is 6.06. The van der Waals surface area contributed by atoms with Crippen LogP contribution in [0, 0.1) is 0 Å². The topological polar surface area (TPSA) is 127 Å². The molecule has 18 heavy (non-hydrogen) atoms. The van der Waals surface area contributed by atoms with Crippen LogP contribution in [0.2, 0.25) is 0 Å². The smallest absolute Gasteiger partial charge is 0.255 e. The van der Waals surface area contributed by atoms with Crippen LogP contribution in [0.3, 0.4) is 0 Å². The van der Waals surface area contributed by atoms with Gasteiger partial charge in [0.2, 0.25) is 11.8 Å². The van der Waals surface area contributed by atoms with Crippen molar-refractivity contribution in [2.45, 2.75) is 0 Å². The maximum atomic E-state index is 11.8. The van der Waals surface area contributed by atoms with Crippen LogP contribution in [0.1, 0.15) is 10.4 Å². The summed E-state index contributed by atoms with van der Waals surface area (Å²) in [5.74, 6) is -1.15. The number of nitrogens with zero attached hydrogens (tertiary/aromatic N) is 2. The fourth-order valence-corrected chi connectivity index (χ4v) is 1.38. The number of nitrogen functional groups attached to an aromatic ring is 2. The summed E-state index contributed by atoms with van der Waals surface area (Å²) in [4.78, 5) is 19.0. The number of hydrogen-bond donors (Lipinski definition) is 4.